The second kappa shape index (κ2) is 7.85. The van der Waals surface area contributed by atoms with Gasteiger partial charge in [-0.2, -0.15) is 0 Å². The van der Waals surface area contributed by atoms with Crippen molar-refractivity contribution in [1.29, 1.82) is 0 Å². The van der Waals surface area contributed by atoms with Gasteiger partial charge < -0.3 is 14.5 Å². The highest BCUT2D eigenvalue weighted by molar-refractivity contribution is 5.96. The number of pyridine rings is 1. The molecule has 136 valence electrons. The van der Waals surface area contributed by atoms with E-state index in [0.717, 1.165) is 32.4 Å². The van der Waals surface area contributed by atoms with Crippen LogP contribution >= 0.6 is 0 Å². The maximum absolute atomic E-state index is 12.8. The van der Waals surface area contributed by atoms with Crippen molar-refractivity contribution in [3.8, 4) is 5.88 Å². The van der Waals surface area contributed by atoms with E-state index in [0.29, 0.717) is 24.5 Å². The maximum atomic E-state index is 12.8. The number of rotatable bonds is 4. The third-order valence-electron chi connectivity index (χ3n) is 4.87. The molecule has 0 aliphatic carbocycles. The van der Waals surface area contributed by atoms with E-state index in [4.69, 9.17) is 4.74 Å². The smallest absolute Gasteiger partial charge is 0.259 e. The molecule has 0 N–H and O–H groups in total. The number of likely N-dealkylation sites (tertiary alicyclic amines) is 2. The van der Waals surface area contributed by atoms with Gasteiger partial charge in [0, 0.05) is 38.2 Å². The normalized spacial score (nSPS) is 20.8. The van der Waals surface area contributed by atoms with E-state index in [1.807, 2.05) is 23.6 Å². The monoisotopic (exact) mass is 345 g/mol. The van der Waals surface area contributed by atoms with Crippen molar-refractivity contribution in [3.63, 3.8) is 0 Å². The van der Waals surface area contributed by atoms with Crippen molar-refractivity contribution in [2.24, 2.45) is 5.92 Å². The lowest BCUT2D eigenvalue weighted by Crippen LogP contribution is -2.36. The molecular formula is C19H27N3O3. The number of carbonyl (C=O) groups is 2. The van der Waals surface area contributed by atoms with Gasteiger partial charge in [-0.1, -0.05) is 13.8 Å². The summed E-state index contributed by atoms with van der Waals surface area (Å²) < 4.78 is 6.03. The first kappa shape index (κ1) is 17.7. The summed E-state index contributed by atoms with van der Waals surface area (Å²) in [6, 6.07) is 3.55. The van der Waals surface area contributed by atoms with Crippen LogP contribution in [0.4, 0.5) is 0 Å². The fourth-order valence-corrected chi connectivity index (χ4v) is 3.46. The highest BCUT2D eigenvalue weighted by atomic mass is 16.5. The summed E-state index contributed by atoms with van der Waals surface area (Å²) in [6.07, 6.45) is 5.60. The zero-order valence-corrected chi connectivity index (χ0v) is 15.1. The molecule has 2 saturated heterocycles. The molecule has 6 heteroatoms. The van der Waals surface area contributed by atoms with Crippen LogP contribution in [-0.4, -0.2) is 58.9 Å². The SMILES string of the molecule is CC(C)C(=O)N1CCC(Oc2ncccc2C(=O)N2CCCCC2)C1. The van der Waals surface area contributed by atoms with E-state index in [2.05, 4.69) is 4.98 Å². The molecule has 0 bridgehead atoms. The maximum Gasteiger partial charge on any atom is 0.259 e. The lowest BCUT2D eigenvalue weighted by molar-refractivity contribution is -0.133. The summed E-state index contributed by atoms with van der Waals surface area (Å²) in [4.78, 5) is 32.9. The van der Waals surface area contributed by atoms with Gasteiger partial charge in [0.05, 0.1) is 6.54 Å². The summed E-state index contributed by atoms with van der Waals surface area (Å²) in [6.45, 7) is 6.67. The van der Waals surface area contributed by atoms with Crippen LogP contribution in [0, 0.1) is 5.92 Å². The molecule has 1 unspecified atom stereocenters. The quantitative estimate of drug-likeness (QED) is 0.840. The third kappa shape index (κ3) is 4.11. The van der Waals surface area contributed by atoms with Gasteiger partial charge >= 0.3 is 0 Å². The fraction of sp³-hybridized carbons (Fsp3) is 0.632. The number of aromatic nitrogens is 1. The molecule has 1 aromatic rings. The summed E-state index contributed by atoms with van der Waals surface area (Å²) in [5.74, 6) is 0.527. The van der Waals surface area contributed by atoms with Crippen molar-refractivity contribution < 1.29 is 14.3 Å². The summed E-state index contributed by atoms with van der Waals surface area (Å²) in [5.41, 5.74) is 0.526. The van der Waals surface area contributed by atoms with Crippen molar-refractivity contribution in [2.45, 2.75) is 45.6 Å². The van der Waals surface area contributed by atoms with Crippen LogP contribution in [0.15, 0.2) is 18.3 Å². The van der Waals surface area contributed by atoms with Crippen LogP contribution in [0.2, 0.25) is 0 Å². The van der Waals surface area contributed by atoms with Crippen molar-refractivity contribution >= 4 is 11.8 Å². The second-order valence-corrected chi connectivity index (χ2v) is 7.18. The molecule has 0 radical (unpaired) electrons. The topological polar surface area (TPSA) is 62.7 Å². The van der Waals surface area contributed by atoms with E-state index >= 15 is 0 Å². The third-order valence-corrected chi connectivity index (χ3v) is 4.87. The van der Waals surface area contributed by atoms with E-state index in [1.54, 1.807) is 18.3 Å². The fourth-order valence-electron chi connectivity index (χ4n) is 3.46. The van der Waals surface area contributed by atoms with Gasteiger partial charge in [0.25, 0.3) is 5.91 Å². The summed E-state index contributed by atoms with van der Waals surface area (Å²) in [7, 11) is 0. The Balaban J connectivity index is 1.67. The first-order valence-corrected chi connectivity index (χ1v) is 9.26. The van der Waals surface area contributed by atoms with E-state index in [9.17, 15) is 9.59 Å². The lowest BCUT2D eigenvalue weighted by Gasteiger charge is -2.27. The van der Waals surface area contributed by atoms with Gasteiger partial charge in [0.1, 0.15) is 11.7 Å². The summed E-state index contributed by atoms with van der Waals surface area (Å²) >= 11 is 0. The largest absolute Gasteiger partial charge is 0.472 e. The van der Waals surface area contributed by atoms with Gasteiger partial charge in [0.2, 0.25) is 11.8 Å². The first-order chi connectivity index (χ1) is 12.1. The number of ether oxygens (including phenoxy) is 1. The zero-order chi connectivity index (χ0) is 17.8. The van der Waals surface area contributed by atoms with Crippen LogP contribution in [-0.2, 0) is 4.79 Å². The molecule has 2 fully saturated rings. The molecule has 2 aliphatic rings. The van der Waals surface area contributed by atoms with Crippen molar-refractivity contribution in [2.75, 3.05) is 26.2 Å². The minimum atomic E-state index is -0.106. The molecular weight excluding hydrogens is 318 g/mol. The number of hydrogen-bond acceptors (Lipinski definition) is 4. The van der Waals surface area contributed by atoms with E-state index in [-0.39, 0.29) is 23.8 Å². The van der Waals surface area contributed by atoms with Crippen LogP contribution in [0.3, 0.4) is 0 Å². The molecule has 0 aromatic carbocycles. The van der Waals surface area contributed by atoms with Gasteiger partial charge in [0.15, 0.2) is 0 Å². The van der Waals surface area contributed by atoms with Gasteiger partial charge in [-0.05, 0) is 31.4 Å². The van der Waals surface area contributed by atoms with Gasteiger partial charge in [-0.3, -0.25) is 9.59 Å². The molecule has 0 saturated carbocycles. The molecule has 3 heterocycles. The van der Waals surface area contributed by atoms with Crippen LogP contribution < -0.4 is 4.74 Å². The molecule has 2 aliphatic heterocycles. The zero-order valence-electron chi connectivity index (χ0n) is 15.1. The number of nitrogens with zero attached hydrogens (tertiary/aromatic N) is 3. The average Bonchev–Trinajstić information content (AvgIpc) is 3.10. The number of hydrogen-bond donors (Lipinski definition) is 0. The van der Waals surface area contributed by atoms with Crippen molar-refractivity contribution in [1.82, 2.24) is 14.8 Å². The highest BCUT2D eigenvalue weighted by Crippen LogP contribution is 2.23. The molecule has 1 atom stereocenters. The molecule has 0 spiro atoms. The summed E-state index contributed by atoms with van der Waals surface area (Å²) in [5, 5.41) is 0. The van der Waals surface area contributed by atoms with E-state index < -0.39 is 0 Å². The van der Waals surface area contributed by atoms with Crippen LogP contribution in [0.25, 0.3) is 0 Å². The Morgan fingerprint density at radius 3 is 2.64 bits per heavy atom. The molecule has 25 heavy (non-hydrogen) atoms. The second-order valence-electron chi connectivity index (χ2n) is 7.18. The van der Waals surface area contributed by atoms with Crippen LogP contribution in [0.5, 0.6) is 5.88 Å². The molecule has 2 amide bonds. The van der Waals surface area contributed by atoms with Crippen LogP contribution in [0.1, 0.15) is 49.9 Å². The Morgan fingerprint density at radius 1 is 1.16 bits per heavy atom. The minimum absolute atomic E-state index is 0.00379. The average molecular weight is 345 g/mol. The Kier molecular flexibility index (Phi) is 5.56. The Labute approximate surface area is 149 Å². The first-order valence-electron chi connectivity index (χ1n) is 9.26. The van der Waals surface area contributed by atoms with Gasteiger partial charge in [-0.15, -0.1) is 0 Å². The number of piperidine rings is 1. The van der Waals surface area contributed by atoms with E-state index in [1.165, 1.54) is 6.42 Å². The van der Waals surface area contributed by atoms with Gasteiger partial charge in [-0.25, -0.2) is 4.98 Å². The Bertz CT molecular complexity index is 626. The van der Waals surface area contributed by atoms with Crippen molar-refractivity contribution in [3.05, 3.63) is 23.9 Å². The highest BCUT2D eigenvalue weighted by Gasteiger charge is 2.30. The molecule has 3 rings (SSSR count). The Morgan fingerprint density at radius 2 is 1.92 bits per heavy atom. The predicted octanol–water partition coefficient (Wildman–Crippen LogP) is 2.34. The standard InChI is InChI=1S/C19H27N3O3/c1-14(2)18(23)22-12-8-15(13-22)25-17-16(7-6-9-20-17)19(24)21-10-4-3-5-11-21/h6-7,9,14-15H,3-5,8,10-13H2,1-2H3. The predicted molar refractivity (Wildman–Crippen MR) is 94.4 cm³/mol. The number of carbonyl (C=O) groups excluding carboxylic acids is 2. The molecule has 1 aromatic heterocycles. The lowest BCUT2D eigenvalue weighted by atomic mass is 10.1. The number of amides is 2. The Hall–Kier alpha value is -2.11. The molecule has 6 nitrogen and oxygen atoms in total. The minimum Gasteiger partial charge on any atom is -0.472 e.